The first-order chi connectivity index (χ1) is 13.1. The Balaban J connectivity index is 1.36. The highest BCUT2D eigenvalue weighted by molar-refractivity contribution is 7.13. The molecule has 27 heavy (non-hydrogen) atoms. The molecule has 0 unspecified atom stereocenters. The summed E-state index contributed by atoms with van der Waals surface area (Å²) in [6, 6.07) is 10.8. The molecule has 1 aromatic carbocycles. The normalized spacial score (nSPS) is 14.0. The molecule has 4 rings (SSSR count). The lowest BCUT2D eigenvalue weighted by atomic mass is 10.3. The van der Waals surface area contributed by atoms with Crippen LogP contribution >= 0.6 is 11.3 Å². The van der Waals surface area contributed by atoms with Crippen LogP contribution < -0.4 is 10.2 Å². The molecule has 0 spiro atoms. The molecule has 7 nitrogen and oxygen atoms in total. The third-order valence-corrected chi connectivity index (χ3v) is 5.01. The van der Waals surface area contributed by atoms with Crippen molar-refractivity contribution in [3.63, 3.8) is 0 Å². The van der Waals surface area contributed by atoms with Crippen LogP contribution in [0.2, 0.25) is 0 Å². The molecule has 0 atom stereocenters. The van der Waals surface area contributed by atoms with Gasteiger partial charge in [-0.2, -0.15) is 0 Å². The number of hydrogen-bond donors (Lipinski definition) is 1. The maximum Gasteiger partial charge on any atom is 0.325 e. The topological polar surface area (TPSA) is 78.7 Å². The molecule has 9 heteroatoms. The predicted octanol–water partition coefficient (Wildman–Crippen LogP) is 3.42. The van der Waals surface area contributed by atoms with Crippen molar-refractivity contribution in [3.05, 3.63) is 53.7 Å². The highest BCUT2D eigenvalue weighted by Crippen LogP contribution is 2.26. The summed E-state index contributed by atoms with van der Waals surface area (Å²) in [4.78, 5) is 28.6. The molecule has 3 heterocycles. The number of benzene rings is 1. The third kappa shape index (κ3) is 3.68. The van der Waals surface area contributed by atoms with E-state index in [-0.39, 0.29) is 30.2 Å². The first-order valence-corrected chi connectivity index (χ1v) is 9.10. The van der Waals surface area contributed by atoms with Crippen LogP contribution in [0.5, 0.6) is 0 Å². The zero-order valence-corrected chi connectivity index (χ0v) is 14.9. The van der Waals surface area contributed by atoms with Crippen molar-refractivity contribution in [3.8, 4) is 10.6 Å². The van der Waals surface area contributed by atoms with Gasteiger partial charge in [0.25, 0.3) is 0 Å². The summed E-state index contributed by atoms with van der Waals surface area (Å²) in [6.45, 7) is 0.731. The Morgan fingerprint density at radius 2 is 2.07 bits per heavy atom. The number of nitrogens with zero attached hydrogens (tertiary/aromatic N) is 3. The van der Waals surface area contributed by atoms with Gasteiger partial charge in [0.1, 0.15) is 18.1 Å². The maximum atomic E-state index is 13.0. The highest BCUT2D eigenvalue weighted by atomic mass is 32.1. The summed E-state index contributed by atoms with van der Waals surface area (Å²) in [5.41, 5.74) is 1.24. The summed E-state index contributed by atoms with van der Waals surface area (Å²) >= 11 is 1.52. The van der Waals surface area contributed by atoms with Gasteiger partial charge in [0, 0.05) is 24.8 Å². The van der Waals surface area contributed by atoms with E-state index in [2.05, 4.69) is 10.5 Å². The van der Waals surface area contributed by atoms with Crippen molar-refractivity contribution in [1.29, 1.82) is 0 Å². The van der Waals surface area contributed by atoms with E-state index in [9.17, 15) is 14.0 Å². The number of carbonyl (C=O) groups excluding carboxylic acids is 2. The van der Waals surface area contributed by atoms with Gasteiger partial charge < -0.3 is 9.42 Å². The Morgan fingerprint density at radius 3 is 2.81 bits per heavy atom. The predicted molar refractivity (Wildman–Crippen MR) is 99.2 cm³/mol. The van der Waals surface area contributed by atoms with Crippen molar-refractivity contribution in [2.45, 2.75) is 0 Å². The summed E-state index contributed by atoms with van der Waals surface area (Å²) in [6.07, 6.45) is 0. The first-order valence-electron chi connectivity index (χ1n) is 8.22. The number of thiophene rings is 1. The van der Waals surface area contributed by atoms with Gasteiger partial charge in [0.05, 0.1) is 4.88 Å². The summed E-state index contributed by atoms with van der Waals surface area (Å²) < 4.78 is 18.2. The molecule has 1 aliphatic heterocycles. The lowest BCUT2D eigenvalue weighted by Gasteiger charge is -2.18. The van der Waals surface area contributed by atoms with Crippen molar-refractivity contribution in [2.24, 2.45) is 0 Å². The molecular formula is C18H15FN4O3S. The third-order valence-electron chi connectivity index (χ3n) is 4.11. The number of aromatic nitrogens is 1. The van der Waals surface area contributed by atoms with Crippen LogP contribution in [0.25, 0.3) is 10.6 Å². The quantitative estimate of drug-likeness (QED) is 0.729. The van der Waals surface area contributed by atoms with E-state index < -0.39 is 0 Å². The first kappa shape index (κ1) is 17.2. The Morgan fingerprint density at radius 1 is 1.26 bits per heavy atom. The van der Waals surface area contributed by atoms with Crippen LogP contribution in [0.4, 0.5) is 20.8 Å². The molecule has 3 amide bonds. The number of nitrogens with one attached hydrogen (secondary N) is 1. The summed E-state index contributed by atoms with van der Waals surface area (Å²) in [7, 11) is 0. The Hall–Kier alpha value is -3.20. The van der Waals surface area contributed by atoms with Crippen molar-refractivity contribution in [2.75, 3.05) is 29.9 Å². The standard InChI is InChI=1S/C18H15FN4O3S/c19-12-3-5-13(6-4-12)23-8-7-22(18(23)25)11-16(24)20-17-10-14(21-26-17)15-2-1-9-27-15/h1-6,9-10H,7-8,11H2,(H,20,24). The lowest BCUT2D eigenvalue weighted by Crippen LogP contribution is -2.37. The summed E-state index contributed by atoms with van der Waals surface area (Å²) in [5, 5.41) is 8.45. The maximum absolute atomic E-state index is 13.0. The number of anilines is 2. The van der Waals surface area contributed by atoms with Crippen LogP contribution in [-0.4, -0.2) is 41.6 Å². The van der Waals surface area contributed by atoms with E-state index in [0.29, 0.717) is 24.5 Å². The molecule has 3 aromatic rings. The van der Waals surface area contributed by atoms with Gasteiger partial charge >= 0.3 is 6.03 Å². The van der Waals surface area contributed by atoms with Crippen LogP contribution in [0.15, 0.2) is 52.4 Å². The largest absolute Gasteiger partial charge is 0.338 e. The van der Waals surface area contributed by atoms with Crippen molar-refractivity contribution in [1.82, 2.24) is 10.1 Å². The second-order valence-corrected chi connectivity index (χ2v) is 6.88. The fourth-order valence-corrected chi connectivity index (χ4v) is 3.49. The number of amides is 3. The van der Waals surface area contributed by atoms with E-state index in [1.165, 1.54) is 45.4 Å². The molecule has 0 saturated carbocycles. The molecule has 138 valence electrons. The van der Waals surface area contributed by atoms with Gasteiger partial charge in [-0.15, -0.1) is 11.3 Å². The molecule has 0 aliphatic carbocycles. The zero-order valence-electron chi connectivity index (χ0n) is 14.1. The van der Waals surface area contributed by atoms with Gasteiger partial charge in [0.15, 0.2) is 0 Å². The molecule has 0 bridgehead atoms. The number of urea groups is 1. The van der Waals surface area contributed by atoms with E-state index in [0.717, 1.165) is 4.88 Å². The molecular weight excluding hydrogens is 371 g/mol. The SMILES string of the molecule is O=C(CN1CCN(c2ccc(F)cc2)C1=O)Nc1cc(-c2cccs2)no1. The van der Waals surface area contributed by atoms with Crippen LogP contribution in [0.1, 0.15) is 0 Å². The number of halogens is 1. The highest BCUT2D eigenvalue weighted by Gasteiger charge is 2.31. The molecule has 1 saturated heterocycles. The number of hydrogen-bond acceptors (Lipinski definition) is 5. The Labute approximate surface area is 158 Å². The van der Waals surface area contributed by atoms with Gasteiger partial charge in [-0.1, -0.05) is 11.2 Å². The second-order valence-electron chi connectivity index (χ2n) is 5.93. The minimum Gasteiger partial charge on any atom is -0.338 e. The van der Waals surface area contributed by atoms with Crippen LogP contribution in [0.3, 0.4) is 0 Å². The Bertz CT molecular complexity index is 955. The fourth-order valence-electron chi connectivity index (χ4n) is 2.81. The fraction of sp³-hybridized carbons (Fsp3) is 0.167. The average Bonchev–Trinajstić information content (AvgIpc) is 3.38. The average molecular weight is 386 g/mol. The minimum atomic E-state index is -0.377. The van der Waals surface area contributed by atoms with E-state index in [4.69, 9.17) is 4.52 Å². The molecule has 2 aromatic heterocycles. The minimum absolute atomic E-state index is 0.106. The van der Waals surface area contributed by atoms with Crippen LogP contribution in [0, 0.1) is 5.82 Å². The van der Waals surface area contributed by atoms with Crippen LogP contribution in [-0.2, 0) is 4.79 Å². The number of carbonyl (C=O) groups is 2. The van der Waals surface area contributed by atoms with Gasteiger partial charge in [-0.05, 0) is 35.7 Å². The van der Waals surface area contributed by atoms with Gasteiger partial charge in [0.2, 0.25) is 11.8 Å². The lowest BCUT2D eigenvalue weighted by molar-refractivity contribution is -0.116. The monoisotopic (exact) mass is 386 g/mol. The van der Waals surface area contributed by atoms with Gasteiger partial charge in [-0.25, -0.2) is 9.18 Å². The molecule has 1 aliphatic rings. The second kappa shape index (κ2) is 7.20. The molecule has 1 fully saturated rings. The van der Waals surface area contributed by atoms with E-state index >= 15 is 0 Å². The van der Waals surface area contributed by atoms with Gasteiger partial charge in [-0.3, -0.25) is 15.0 Å². The number of rotatable bonds is 5. The summed E-state index contributed by atoms with van der Waals surface area (Å²) in [5.74, 6) is -0.515. The molecule has 0 radical (unpaired) electrons. The van der Waals surface area contributed by atoms with Crippen molar-refractivity contribution < 1.29 is 18.5 Å². The molecule has 1 N–H and O–H groups in total. The van der Waals surface area contributed by atoms with E-state index in [1.807, 2.05) is 17.5 Å². The zero-order chi connectivity index (χ0) is 18.8. The Kier molecular flexibility index (Phi) is 4.59. The van der Waals surface area contributed by atoms with Crippen molar-refractivity contribution >= 4 is 34.8 Å². The smallest absolute Gasteiger partial charge is 0.325 e. The van der Waals surface area contributed by atoms with E-state index in [1.54, 1.807) is 6.07 Å².